The van der Waals surface area contributed by atoms with Gasteiger partial charge in [-0.05, 0) is 30.5 Å². The molecular formula is C15H15N5O2. The van der Waals surface area contributed by atoms with Gasteiger partial charge in [0.25, 0.3) is 5.69 Å². The van der Waals surface area contributed by atoms with E-state index in [9.17, 15) is 10.1 Å². The highest BCUT2D eigenvalue weighted by Crippen LogP contribution is 2.43. The molecule has 0 spiro atoms. The maximum atomic E-state index is 10.8. The molecule has 22 heavy (non-hydrogen) atoms. The van der Waals surface area contributed by atoms with Gasteiger partial charge in [0.1, 0.15) is 12.5 Å². The number of aliphatic imine (C=N–C) groups is 1. The fourth-order valence-electron chi connectivity index (χ4n) is 2.87. The Labute approximate surface area is 126 Å². The maximum Gasteiger partial charge on any atom is 0.269 e. The third-order valence-corrected chi connectivity index (χ3v) is 4.10. The summed E-state index contributed by atoms with van der Waals surface area (Å²) in [5, 5.41) is 12.4. The van der Waals surface area contributed by atoms with E-state index in [1.54, 1.807) is 17.1 Å². The SMILES string of the molecule is NN1CN=Cc2c(-c3ccc([N+](=O)[O-])cc3)cn(C3CC3)c21. The van der Waals surface area contributed by atoms with Crippen LogP contribution in [0.3, 0.4) is 0 Å². The van der Waals surface area contributed by atoms with E-state index in [1.165, 1.54) is 12.1 Å². The summed E-state index contributed by atoms with van der Waals surface area (Å²) >= 11 is 0. The van der Waals surface area contributed by atoms with E-state index in [2.05, 4.69) is 15.8 Å². The fourth-order valence-corrected chi connectivity index (χ4v) is 2.87. The van der Waals surface area contributed by atoms with Gasteiger partial charge >= 0.3 is 0 Å². The zero-order valence-electron chi connectivity index (χ0n) is 11.8. The number of rotatable bonds is 3. The molecule has 0 radical (unpaired) electrons. The van der Waals surface area contributed by atoms with Crippen LogP contribution in [0.1, 0.15) is 24.4 Å². The zero-order chi connectivity index (χ0) is 15.3. The van der Waals surface area contributed by atoms with Gasteiger partial charge in [0.2, 0.25) is 0 Å². The third-order valence-electron chi connectivity index (χ3n) is 4.10. The van der Waals surface area contributed by atoms with Gasteiger partial charge in [0, 0.05) is 41.7 Å². The first kappa shape index (κ1) is 13.0. The molecule has 1 saturated carbocycles. The molecule has 4 rings (SSSR count). The normalized spacial score (nSPS) is 16.7. The molecule has 7 nitrogen and oxygen atoms in total. The first-order valence-electron chi connectivity index (χ1n) is 7.17. The van der Waals surface area contributed by atoms with E-state index in [0.717, 1.165) is 35.3 Å². The second-order valence-electron chi connectivity index (χ2n) is 5.65. The first-order chi connectivity index (χ1) is 10.6. The predicted octanol–water partition coefficient (Wildman–Crippen LogP) is 2.47. The molecule has 1 aromatic carbocycles. The first-order valence-corrected chi connectivity index (χ1v) is 7.17. The molecule has 0 saturated heterocycles. The predicted molar refractivity (Wildman–Crippen MR) is 83.9 cm³/mol. The summed E-state index contributed by atoms with van der Waals surface area (Å²) in [5.74, 6) is 7.06. The molecule has 112 valence electrons. The second kappa shape index (κ2) is 4.67. The van der Waals surface area contributed by atoms with E-state index in [-0.39, 0.29) is 5.69 Å². The Morgan fingerprint density at radius 3 is 2.64 bits per heavy atom. The molecule has 7 heteroatoms. The summed E-state index contributed by atoms with van der Waals surface area (Å²) < 4.78 is 2.21. The van der Waals surface area contributed by atoms with Gasteiger partial charge in [0.05, 0.1) is 4.92 Å². The Morgan fingerprint density at radius 1 is 1.27 bits per heavy atom. The summed E-state index contributed by atoms with van der Waals surface area (Å²) in [6.07, 6.45) is 6.24. The summed E-state index contributed by atoms with van der Waals surface area (Å²) in [4.78, 5) is 14.7. The van der Waals surface area contributed by atoms with E-state index in [0.29, 0.717) is 12.7 Å². The molecule has 0 amide bonds. The highest BCUT2D eigenvalue weighted by Gasteiger charge is 2.31. The Kier molecular flexibility index (Phi) is 2.77. The van der Waals surface area contributed by atoms with Crippen LogP contribution < -0.4 is 10.9 Å². The molecule has 1 fully saturated rings. The smallest absolute Gasteiger partial charge is 0.269 e. The minimum atomic E-state index is -0.391. The lowest BCUT2D eigenvalue weighted by molar-refractivity contribution is -0.384. The maximum absolute atomic E-state index is 10.8. The number of aromatic nitrogens is 1. The van der Waals surface area contributed by atoms with Gasteiger partial charge in [-0.2, -0.15) is 0 Å². The molecule has 2 aromatic rings. The Morgan fingerprint density at radius 2 is 2.00 bits per heavy atom. The van der Waals surface area contributed by atoms with Crippen LogP contribution in [0.2, 0.25) is 0 Å². The number of hydrazine groups is 1. The van der Waals surface area contributed by atoms with Crippen LogP contribution in [-0.2, 0) is 0 Å². The van der Waals surface area contributed by atoms with Crippen LogP contribution in [0.15, 0.2) is 35.5 Å². The van der Waals surface area contributed by atoms with Crippen LogP contribution >= 0.6 is 0 Å². The number of nitro benzene ring substituents is 1. The molecule has 0 unspecified atom stereocenters. The van der Waals surface area contributed by atoms with Gasteiger partial charge in [0.15, 0.2) is 0 Å². The van der Waals surface area contributed by atoms with Crippen molar-refractivity contribution >= 4 is 17.7 Å². The summed E-state index contributed by atoms with van der Waals surface area (Å²) in [5.41, 5.74) is 3.02. The van der Waals surface area contributed by atoms with Crippen LogP contribution in [-0.4, -0.2) is 22.4 Å². The highest BCUT2D eigenvalue weighted by atomic mass is 16.6. The monoisotopic (exact) mass is 297 g/mol. The number of nitro groups is 1. The molecule has 2 heterocycles. The van der Waals surface area contributed by atoms with Gasteiger partial charge in [-0.25, -0.2) is 5.84 Å². The highest BCUT2D eigenvalue weighted by molar-refractivity contribution is 5.98. The van der Waals surface area contributed by atoms with Crippen molar-refractivity contribution in [2.75, 3.05) is 11.7 Å². The zero-order valence-corrected chi connectivity index (χ0v) is 11.8. The van der Waals surface area contributed by atoms with E-state index in [4.69, 9.17) is 5.84 Å². The van der Waals surface area contributed by atoms with Crippen LogP contribution in [0, 0.1) is 10.1 Å². The Bertz CT molecular complexity index is 774. The van der Waals surface area contributed by atoms with Gasteiger partial charge in [-0.3, -0.25) is 20.1 Å². The van der Waals surface area contributed by atoms with Gasteiger partial charge in [-0.1, -0.05) is 0 Å². The number of hydrogen-bond donors (Lipinski definition) is 1. The number of non-ortho nitro benzene ring substituents is 1. The van der Waals surface area contributed by atoms with Crippen molar-refractivity contribution in [3.63, 3.8) is 0 Å². The van der Waals surface area contributed by atoms with Crippen molar-refractivity contribution in [2.24, 2.45) is 10.8 Å². The van der Waals surface area contributed by atoms with Crippen molar-refractivity contribution in [1.29, 1.82) is 0 Å². The molecule has 1 aliphatic carbocycles. The fraction of sp³-hybridized carbons (Fsp3) is 0.267. The quantitative estimate of drug-likeness (QED) is 0.535. The largest absolute Gasteiger partial charge is 0.329 e. The van der Waals surface area contributed by atoms with Gasteiger partial charge in [-0.15, -0.1) is 0 Å². The second-order valence-corrected chi connectivity index (χ2v) is 5.65. The van der Waals surface area contributed by atoms with E-state index >= 15 is 0 Å². The molecule has 1 aliphatic heterocycles. The minimum Gasteiger partial charge on any atom is -0.329 e. The van der Waals surface area contributed by atoms with E-state index in [1.807, 2.05) is 6.21 Å². The lowest BCUT2D eigenvalue weighted by Gasteiger charge is -2.22. The lowest BCUT2D eigenvalue weighted by Crippen LogP contribution is -2.35. The summed E-state index contributed by atoms with van der Waals surface area (Å²) in [6.45, 7) is 0.448. The van der Waals surface area contributed by atoms with Crippen LogP contribution in [0.25, 0.3) is 11.1 Å². The molecule has 0 bridgehead atoms. The van der Waals surface area contributed by atoms with Gasteiger partial charge < -0.3 is 4.57 Å². The topological polar surface area (TPSA) is 89.7 Å². The minimum absolute atomic E-state index is 0.0911. The Balaban J connectivity index is 1.83. The number of hydrogen-bond acceptors (Lipinski definition) is 5. The lowest BCUT2D eigenvalue weighted by atomic mass is 10.0. The van der Waals surface area contributed by atoms with Crippen molar-refractivity contribution in [2.45, 2.75) is 18.9 Å². The average molecular weight is 297 g/mol. The Hall–Kier alpha value is -2.67. The summed E-state index contributed by atoms with van der Waals surface area (Å²) in [6, 6.07) is 7.09. The van der Waals surface area contributed by atoms with Crippen molar-refractivity contribution in [3.05, 3.63) is 46.1 Å². The number of benzene rings is 1. The standard InChI is InChI=1S/C15H15N5O2/c16-19-9-17-7-13-14(8-18(15(13)19)11-5-6-11)10-1-3-12(4-2-10)20(21)22/h1-4,7-8,11H,5-6,9,16H2. The number of nitrogens with zero attached hydrogens (tertiary/aromatic N) is 4. The molecule has 1 aromatic heterocycles. The van der Waals surface area contributed by atoms with Crippen molar-refractivity contribution in [1.82, 2.24) is 4.57 Å². The summed E-state index contributed by atoms with van der Waals surface area (Å²) in [7, 11) is 0. The molecule has 0 atom stereocenters. The average Bonchev–Trinajstić information content (AvgIpc) is 3.28. The van der Waals surface area contributed by atoms with E-state index < -0.39 is 4.92 Å². The number of nitrogens with two attached hydrogens (primary N) is 1. The molecule has 2 aliphatic rings. The number of anilines is 1. The molecular weight excluding hydrogens is 282 g/mol. The van der Waals surface area contributed by atoms with Crippen LogP contribution in [0.4, 0.5) is 11.5 Å². The van der Waals surface area contributed by atoms with Crippen molar-refractivity contribution < 1.29 is 4.92 Å². The molecule has 2 N–H and O–H groups in total. The third kappa shape index (κ3) is 1.98. The van der Waals surface area contributed by atoms with Crippen molar-refractivity contribution in [3.8, 4) is 11.1 Å². The van der Waals surface area contributed by atoms with Crippen LogP contribution in [0.5, 0.6) is 0 Å². The number of fused-ring (bicyclic) bond motifs is 1.